The van der Waals surface area contributed by atoms with Gasteiger partial charge in [-0.2, -0.15) is 0 Å². The second-order valence-electron chi connectivity index (χ2n) is 2.81. The minimum absolute atomic E-state index is 0.100. The maximum Gasteiger partial charge on any atom is 0.322 e. The molecule has 84 valence electrons. The molecule has 2 aromatic rings. The highest BCUT2D eigenvalue weighted by Crippen LogP contribution is 2.32. The number of anilines is 1. The molecule has 0 saturated carbocycles. The van der Waals surface area contributed by atoms with Crippen molar-refractivity contribution in [1.29, 1.82) is 0 Å². The lowest BCUT2D eigenvalue weighted by Crippen LogP contribution is -2.10. The molecule has 0 aliphatic rings. The van der Waals surface area contributed by atoms with E-state index in [1.54, 1.807) is 13.0 Å². The maximum absolute atomic E-state index is 11.7. The van der Waals surface area contributed by atoms with Gasteiger partial charge in [-0.05, 0) is 37.9 Å². The topological polar surface area (TPSA) is 68.0 Å². The molecule has 0 aliphatic carbocycles. The number of aromatic nitrogens is 2. The number of nitrogens with one attached hydrogen (secondary N) is 1. The minimum atomic E-state index is -0.278. The van der Waals surface area contributed by atoms with Gasteiger partial charge in [0.25, 0.3) is 5.91 Å². The van der Waals surface area contributed by atoms with Crippen LogP contribution in [0.5, 0.6) is 0 Å². The van der Waals surface area contributed by atoms with Crippen LogP contribution >= 0.6 is 43.2 Å². The maximum atomic E-state index is 11.7. The number of hydrogen-bond donors (Lipinski definition) is 1. The van der Waals surface area contributed by atoms with Crippen LogP contribution < -0.4 is 5.32 Å². The lowest BCUT2D eigenvalue weighted by Gasteiger charge is -1.95. The molecule has 0 aromatic carbocycles. The van der Waals surface area contributed by atoms with Gasteiger partial charge in [0.1, 0.15) is 0 Å². The summed E-state index contributed by atoms with van der Waals surface area (Å²) in [6, 6.07) is 1.82. The summed E-state index contributed by atoms with van der Waals surface area (Å²) < 4.78 is 6.74. The Bertz CT molecular complexity index is 518. The highest BCUT2D eigenvalue weighted by molar-refractivity contribution is 9.13. The Morgan fingerprint density at radius 2 is 2.25 bits per heavy atom. The normalized spacial score (nSPS) is 10.4. The van der Waals surface area contributed by atoms with E-state index in [1.807, 2.05) is 0 Å². The molecule has 5 nitrogen and oxygen atoms in total. The molecule has 2 rings (SSSR count). The van der Waals surface area contributed by atoms with Crippen molar-refractivity contribution in [2.75, 3.05) is 5.32 Å². The van der Waals surface area contributed by atoms with Crippen molar-refractivity contribution in [3.05, 3.63) is 25.1 Å². The van der Waals surface area contributed by atoms with Crippen LogP contribution in [0.1, 0.15) is 15.6 Å². The van der Waals surface area contributed by atoms with Gasteiger partial charge in [-0.3, -0.25) is 10.1 Å². The highest BCUT2D eigenvalue weighted by atomic mass is 79.9. The summed E-state index contributed by atoms with van der Waals surface area (Å²) in [6.07, 6.45) is 0. The number of carbonyl (C=O) groups excluding carboxylic acids is 1. The van der Waals surface area contributed by atoms with E-state index in [1.165, 1.54) is 11.3 Å². The van der Waals surface area contributed by atoms with Gasteiger partial charge in [0, 0.05) is 11.4 Å². The van der Waals surface area contributed by atoms with E-state index < -0.39 is 0 Å². The summed E-state index contributed by atoms with van der Waals surface area (Å²) in [4.78, 5) is 12.3. The van der Waals surface area contributed by atoms with Gasteiger partial charge >= 0.3 is 6.01 Å². The Hall–Kier alpha value is -0.730. The number of amides is 1. The Labute approximate surface area is 112 Å². The second-order valence-corrected chi connectivity index (χ2v) is 6.04. The van der Waals surface area contributed by atoms with Crippen LogP contribution in [0.15, 0.2) is 18.7 Å². The van der Waals surface area contributed by atoms with Crippen molar-refractivity contribution >= 4 is 55.1 Å². The third kappa shape index (κ3) is 2.50. The molecule has 0 spiro atoms. The average Bonchev–Trinajstić information content (AvgIpc) is 2.75. The molecule has 1 amide bonds. The lowest BCUT2D eigenvalue weighted by molar-refractivity contribution is 0.102. The van der Waals surface area contributed by atoms with E-state index in [-0.39, 0.29) is 11.9 Å². The van der Waals surface area contributed by atoms with Crippen molar-refractivity contribution in [3.63, 3.8) is 0 Å². The molecule has 0 saturated heterocycles. The molecule has 0 fully saturated rings. The number of hydrogen-bond acceptors (Lipinski definition) is 5. The number of halogens is 2. The SMILES string of the molecule is Cc1nnc(NC(=O)c2cc(Br)c(Br)s2)o1. The molecular formula is C8H5Br2N3O2S. The molecule has 1 N–H and O–H groups in total. The lowest BCUT2D eigenvalue weighted by atomic mass is 10.4. The number of carbonyl (C=O) groups is 1. The molecule has 0 unspecified atom stereocenters. The fraction of sp³-hybridized carbons (Fsp3) is 0.125. The van der Waals surface area contributed by atoms with Gasteiger partial charge in [0.05, 0.1) is 8.66 Å². The summed E-state index contributed by atoms with van der Waals surface area (Å²) in [5.74, 6) is 0.129. The fourth-order valence-corrected chi connectivity index (χ4v) is 2.90. The summed E-state index contributed by atoms with van der Waals surface area (Å²) in [5.41, 5.74) is 0. The predicted molar refractivity (Wildman–Crippen MR) is 66.7 cm³/mol. The standard InChI is InChI=1S/C8H5Br2N3O2S/c1-3-12-13-8(15-3)11-7(14)5-2-4(9)6(10)16-5/h2H,1H3,(H,11,13,14). The summed E-state index contributed by atoms with van der Waals surface area (Å²) in [5, 5.41) is 9.79. The molecule has 0 aliphatic heterocycles. The Kier molecular flexibility index (Phi) is 3.41. The van der Waals surface area contributed by atoms with Crippen LogP contribution in [0.3, 0.4) is 0 Å². The Morgan fingerprint density at radius 1 is 1.50 bits per heavy atom. The summed E-state index contributed by atoms with van der Waals surface area (Å²) in [7, 11) is 0. The average molecular weight is 367 g/mol. The molecular weight excluding hydrogens is 362 g/mol. The number of thiophene rings is 1. The number of nitrogens with zero attached hydrogens (tertiary/aromatic N) is 2. The molecule has 2 aromatic heterocycles. The van der Waals surface area contributed by atoms with Gasteiger partial charge in [-0.15, -0.1) is 16.4 Å². The van der Waals surface area contributed by atoms with Crippen molar-refractivity contribution in [3.8, 4) is 0 Å². The van der Waals surface area contributed by atoms with Crippen molar-refractivity contribution < 1.29 is 9.21 Å². The second kappa shape index (κ2) is 4.64. The van der Waals surface area contributed by atoms with Crippen molar-refractivity contribution in [2.45, 2.75) is 6.92 Å². The first-order chi connectivity index (χ1) is 7.56. The van der Waals surface area contributed by atoms with Gasteiger partial charge in [-0.25, -0.2) is 0 Å². The van der Waals surface area contributed by atoms with E-state index >= 15 is 0 Å². The van der Waals surface area contributed by atoms with Crippen LogP contribution in [0, 0.1) is 6.92 Å². The van der Waals surface area contributed by atoms with Crippen LogP contribution in [0.4, 0.5) is 6.01 Å². The monoisotopic (exact) mass is 365 g/mol. The molecule has 8 heteroatoms. The zero-order valence-electron chi connectivity index (χ0n) is 7.95. The largest absolute Gasteiger partial charge is 0.408 e. The minimum Gasteiger partial charge on any atom is -0.408 e. The highest BCUT2D eigenvalue weighted by Gasteiger charge is 2.14. The quantitative estimate of drug-likeness (QED) is 0.885. The van der Waals surface area contributed by atoms with Gasteiger partial charge in [0.2, 0.25) is 5.89 Å². The Morgan fingerprint density at radius 3 is 2.75 bits per heavy atom. The third-order valence-electron chi connectivity index (χ3n) is 1.62. The van der Waals surface area contributed by atoms with E-state index in [9.17, 15) is 4.79 Å². The van der Waals surface area contributed by atoms with Crippen molar-refractivity contribution in [2.24, 2.45) is 0 Å². The van der Waals surface area contributed by atoms with E-state index in [2.05, 4.69) is 47.4 Å². The van der Waals surface area contributed by atoms with Gasteiger partial charge < -0.3 is 4.42 Å². The Balaban J connectivity index is 2.14. The molecule has 0 radical (unpaired) electrons. The third-order valence-corrected chi connectivity index (χ3v) is 4.87. The van der Waals surface area contributed by atoms with Gasteiger partial charge in [0.15, 0.2) is 0 Å². The van der Waals surface area contributed by atoms with Crippen LogP contribution in [0.2, 0.25) is 0 Å². The first kappa shape index (κ1) is 11.7. The zero-order chi connectivity index (χ0) is 11.7. The zero-order valence-corrected chi connectivity index (χ0v) is 11.9. The first-order valence-corrected chi connectivity index (χ1v) is 6.53. The number of rotatable bonds is 2. The van der Waals surface area contributed by atoms with Crippen molar-refractivity contribution in [1.82, 2.24) is 10.2 Å². The molecule has 0 atom stereocenters. The fourth-order valence-electron chi connectivity index (χ4n) is 0.964. The van der Waals surface area contributed by atoms with Crippen LogP contribution in [0.25, 0.3) is 0 Å². The van der Waals surface area contributed by atoms with E-state index in [0.717, 1.165) is 8.26 Å². The van der Waals surface area contributed by atoms with E-state index in [0.29, 0.717) is 10.8 Å². The molecule has 16 heavy (non-hydrogen) atoms. The first-order valence-electron chi connectivity index (χ1n) is 4.12. The molecule has 2 heterocycles. The van der Waals surface area contributed by atoms with Crippen LogP contribution in [-0.4, -0.2) is 16.1 Å². The summed E-state index contributed by atoms with van der Waals surface area (Å²) in [6.45, 7) is 1.65. The van der Waals surface area contributed by atoms with E-state index in [4.69, 9.17) is 4.42 Å². The molecule has 0 bridgehead atoms. The van der Waals surface area contributed by atoms with Gasteiger partial charge in [-0.1, -0.05) is 5.10 Å². The smallest absolute Gasteiger partial charge is 0.322 e. The van der Waals surface area contributed by atoms with Crippen LogP contribution in [-0.2, 0) is 0 Å². The predicted octanol–water partition coefficient (Wildman–Crippen LogP) is 3.22. The number of aryl methyl sites for hydroxylation is 1. The summed E-state index contributed by atoms with van der Waals surface area (Å²) >= 11 is 7.94.